The monoisotopic (exact) mass is 333 g/mol. The molecular weight excluding hydrogens is 317 g/mol. The van der Waals surface area contributed by atoms with E-state index in [4.69, 9.17) is 0 Å². The van der Waals surface area contributed by atoms with Crippen LogP contribution in [0.5, 0.6) is 0 Å². The van der Waals surface area contributed by atoms with E-state index in [1.165, 1.54) is 30.3 Å². The second-order valence-electron chi connectivity index (χ2n) is 5.02. The zero-order valence-corrected chi connectivity index (χ0v) is 12.6. The van der Waals surface area contributed by atoms with Crippen molar-refractivity contribution in [1.82, 2.24) is 10.6 Å². The Balaban J connectivity index is 1.83. The van der Waals surface area contributed by atoms with Gasteiger partial charge in [0.25, 0.3) is 5.69 Å². The van der Waals surface area contributed by atoms with Crippen LogP contribution in [0, 0.1) is 15.9 Å². The third kappa shape index (κ3) is 4.75. The van der Waals surface area contributed by atoms with Gasteiger partial charge in [0.15, 0.2) is 0 Å². The van der Waals surface area contributed by atoms with Crippen LogP contribution in [0.4, 0.5) is 14.9 Å². The predicted octanol–water partition coefficient (Wildman–Crippen LogP) is 2.27. The Bertz CT molecular complexity index is 722. The van der Waals surface area contributed by atoms with Gasteiger partial charge < -0.3 is 15.7 Å². The maximum atomic E-state index is 12.8. The smallest absolute Gasteiger partial charge is 0.315 e. The summed E-state index contributed by atoms with van der Waals surface area (Å²) < 4.78 is 12.8. The van der Waals surface area contributed by atoms with Crippen LogP contribution in [-0.2, 0) is 6.54 Å². The minimum atomic E-state index is -0.984. The van der Waals surface area contributed by atoms with Crippen LogP contribution in [0.3, 0.4) is 0 Å². The SMILES string of the molecule is O=C(NCc1ccccc1[N+](=O)[O-])NCC(O)c1ccc(F)cc1. The predicted molar refractivity (Wildman–Crippen MR) is 84.7 cm³/mol. The Labute approximate surface area is 137 Å². The first kappa shape index (κ1) is 17.4. The first-order chi connectivity index (χ1) is 11.5. The molecule has 8 heteroatoms. The maximum Gasteiger partial charge on any atom is 0.315 e. The molecule has 3 N–H and O–H groups in total. The molecule has 1 atom stereocenters. The number of carbonyl (C=O) groups is 1. The second-order valence-corrected chi connectivity index (χ2v) is 5.02. The fourth-order valence-electron chi connectivity index (χ4n) is 2.07. The summed E-state index contributed by atoms with van der Waals surface area (Å²) in [5, 5.41) is 25.7. The minimum absolute atomic E-state index is 0.0182. The van der Waals surface area contributed by atoms with Crippen molar-refractivity contribution in [1.29, 1.82) is 0 Å². The number of nitrogens with one attached hydrogen (secondary N) is 2. The van der Waals surface area contributed by atoms with Gasteiger partial charge in [-0.25, -0.2) is 9.18 Å². The van der Waals surface area contributed by atoms with Crippen molar-refractivity contribution >= 4 is 11.7 Å². The first-order valence-corrected chi connectivity index (χ1v) is 7.15. The summed E-state index contributed by atoms with van der Waals surface area (Å²) in [5.41, 5.74) is 0.760. The summed E-state index contributed by atoms with van der Waals surface area (Å²) in [6.07, 6.45) is -0.984. The third-order valence-corrected chi connectivity index (χ3v) is 3.34. The number of hydrogen-bond donors (Lipinski definition) is 3. The summed E-state index contributed by atoms with van der Waals surface area (Å²) in [5.74, 6) is -0.416. The lowest BCUT2D eigenvalue weighted by Gasteiger charge is -2.13. The number of nitro groups is 1. The van der Waals surface area contributed by atoms with Crippen molar-refractivity contribution in [2.75, 3.05) is 6.54 Å². The van der Waals surface area contributed by atoms with Gasteiger partial charge in [-0.2, -0.15) is 0 Å². The van der Waals surface area contributed by atoms with Crippen molar-refractivity contribution in [2.24, 2.45) is 0 Å². The Kier molecular flexibility index (Phi) is 5.80. The van der Waals surface area contributed by atoms with Crippen molar-refractivity contribution in [3.63, 3.8) is 0 Å². The molecule has 0 aromatic heterocycles. The van der Waals surface area contributed by atoms with E-state index in [0.717, 1.165) is 0 Å². The number of aliphatic hydroxyl groups excluding tert-OH is 1. The molecule has 2 amide bonds. The number of nitrogens with zero attached hydrogens (tertiary/aromatic N) is 1. The highest BCUT2D eigenvalue weighted by Crippen LogP contribution is 2.17. The minimum Gasteiger partial charge on any atom is -0.387 e. The molecule has 0 bridgehead atoms. The topological polar surface area (TPSA) is 104 Å². The molecule has 0 fully saturated rings. The van der Waals surface area contributed by atoms with E-state index in [9.17, 15) is 24.4 Å². The second kappa shape index (κ2) is 8.02. The quantitative estimate of drug-likeness (QED) is 0.557. The number of para-hydroxylation sites is 1. The highest BCUT2D eigenvalue weighted by Gasteiger charge is 2.14. The zero-order chi connectivity index (χ0) is 17.5. The van der Waals surface area contributed by atoms with E-state index >= 15 is 0 Å². The largest absolute Gasteiger partial charge is 0.387 e. The Hall–Kier alpha value is -3.00. The number of urea groups is 1. The molecule has 0 aliphatic carbocycles. The molecule has 0 saturated carbocycles. The molecule has 0 saturated heterocycles. The molecule has 0 aliphatic rings. The molecular formula is C16H16FN3O4. The molecule has 2 aromatic carbocycles. The van der Waals surface area contributed by atoms with E-state index in [2.05, 4.69) is 10.6 Å². The van der Waals surface area contributed by atoms with Crippen molar-refractivity contribution in [3.05, 3.63) is 75.6 Å². The van der Waals surface area contributed by atoms with Gasteiger partial charge in [0, 0.05) is 18.2 Å². The fraction of sp³-hybridized carbons (Fsp3) is 0.188. The Morgan fingerprint density at radius 3 is 2.50 bits per heavy atom. The van der Waals surface area contributed by atoms with E-state index < -0.39 is 22.9 Å². The average molecular weight is 333 g/mol. The summed E-state index contributed by atoms with van der Waals surface area (Å²) in [6.45, 7) is -0.0933. The number of benzene rings is 2. The number of aliphatic hydroxyl groups is 1. The molecule has 126 valence electrons. The van der Waals surface area contributed by atoms with Crippen LogP contribution in [0.25, 0.3) is 0 Å². The molecule has 1 unspecified atom stereocenters. The van der Waals surface area contributed by atoms with Gasteiger partial charge in [-0.15, -0.1) is 0 Å². The van der Waals surface area contributed by atoms with Gasteiger partial charge in [-0.1, -0.05) is 30.3 Å². The number of nitro benzene ring substituents is 1. The summed E-state index contributed by atoms with van der Waals surface area (Å²) in [4.78, 5) is 22.1. The van der Waals surface area contributed by atoms with E-state index in [0.29, 0.717) is 11.1 Å². The van der Waals surface area contributed by atoms with Gasteiger partial charge in [-0.05, 0) is 17.7 Å². The van der Waals surface area contributed by atoms with E-state index in [1.807, 2.05) is 0 Å². The molecule has 0 aliphatic heterocycles. The van der Waals surface area contributed by atoms with Crippen LogP contribution in [0.2, 0.25) is 0 Å². The molecule has 0 spiro atoms. The third-order valence-electron chi connectivity index (χ3n) is 3.34. The molecule has 0 heterocycles. The van der Waals surface area contributed by atoms with Crippen molar-refractivity contribution in [3.8, 4) is 0 Å². The van der Waals surface area contributed by atoms with Gasteiger partial charge in [-0.3, -0.25) is 10.1 Å². The highest BCUT2D eigenvalue weighted by molar-refractivity contribution is 5.74. The summed E-state index contributed by atoms with van der Waals surface area (Å²) in [6, 6.07) is 10.8. The zero-order valence-electron chi connectivity index (χ0n) is 12.6. The van der Waals surface area contributed by atoms with Gasteiger partial charge >= 0.3 is 6.03 Å². The van der Waals surface area contributed by atoms with Crippen LogP contribution >= 0.6 is 0 Å². The fourth-order valence-corrected chi connectivity index (χ4v) is 2.07. The van der Waals surface area contributed by atoms with E-state index in [-0.39, 0.29) is 18.8 Å². The van der Waals surface area contributed by atoms with E-state index in [1.54, 1.807) is 18.2 Å². The molecule has 2 aromatic rings. The van der Waals surface area contributed by atoms with Crippen LogP contribution in [-0.4, -0.2) is 22.6 Å². The molecule has 0 radical (unpaired) electrons. The van der Waals surface area contributed by atoms with Gasteiger partial charge in [0.2, 0.25) is 0 Å². The lowest BCUT2D eigenvalue weighted by molar-refractivity contribution is -0.385. The van der Waals surface area contributed by atoms with Crippen molar-refractivity contribution < 1.29 is 19.2 Å². The van der Waals surface area contributed by atoms with Crippen LogP contribution in [0.15, 0.2) is 48.5 Å². The van der Waals surface area contributed by atoms with Gasteiger partial charge in [0.05, 0.1) is 17.6 Å². The Morgan fingerprint density at radius 2 is 1.83 bits per heavy atom. The van der Waals surface area contributed by atoms with Gasteiger partial charge in [0.1, 0.15) is 5.82 Å². The number of rotatable bonds is 6. The number of carbonyl (C=O) groups excluding carboxylic acids is 1. The number of amides is 2. The van der Waals surface area contributed by atoms with Crippen LogP contribution < -0.4 is 10.6 Å². The van der Waals surface area contributed by atoms with Crippen LogP contribution in [0.1, 0.15) is 17.2 Å². The highest BCUT2D eigenvalue weighted by atomic mass is 19.1. The molecule has 24 heavy (non-hydrogen) atoms. The normalized spacial score (nSPS) is 11.6. The lowest BCUT2D eigenvalue weighted by Crippen LogP contribution is -2.37. The first-order valence-electron chi connectivity index (χ1n) is 7.15. The molecule has 2 rings (SSSR count). The standard InChI is InChI=1S/C16H16FN3O4/c17-13-7-5-11(6-8-13)15(21)10-19-16(22)18-9-12-3-1-2-4-14(12)20(23)24/h1-8,15,21H,9-10H2,(H2,18,19,22). The Morgan fingerprint density at radius 1 is 1.17 bits per heavy atom. The number of halogens is 1. The number of hydrogen-bond acceptors (Lipinski definition) is 4. The average Bonchev–Trinajstić information content (AvgIpc) is 2.58. The maximum absolute atomic E-state index is 12.8. The summed E-state index contributed by atoms with van der Waals surface area (Å²) >= 11 is 0. The molecule has 7 nitrogen and oxygen atoms in total. The summed E-state index contributed by atoms with van der Waals surface area (Å²) in [7, 11) is 0. The van der Waals surface area contributed by atoms with Crippen molar-refractivity contribution in [2.45, 2.75) is 12.6 Å². The lowest BCUT2D eigenvalue weighted by atomic mass is 10.1.